The highest BCUT2D eigenvalue weighted by Crippen LogP contribution is 2.11. The molecule has 4 unspecified atom stereocenters. The normalized spacial score (nSPS) is 22.7. The monoisotopic (exact) mass is 476 g/mol. The Morgan fingerprint density at radius 3 is 0.875 bits per heavy atom. The van der Waals surface area contributed by atoms with E-state index in [9.17, 15) is 34.5 Å². The number of thiol groups is 1. The number of carboxylic acid groups (broad SMARTS) is 3. The fourth-order valence-electron chi connectivity index (χ4n) is 3.65. The predicted molar refractivity (Wildman–Crippen MR) is 121 cm³/mol. The number of hydrogen-bond donors (Lipinski definition) is 4. The summed E-state index contributed by atoms with van der Waals surface area (Å²) in [6.45, 7) is 9.14. The van der Waals surface area contributed by atoms with E-state index in [1.54, 1.807) is 42.4 Å². The summed E-state index contributed by atoms with van der Waals surface area (Å²) < 4.78 is 0. The molecule has 0 radical (unpaired) electrons. The van der Waals surface area contributed by atoms with E-state index in [-0.39, 0.29) is 5.12 Å². The Morgan fingerprint density at radius 1 is 0.531 bits per heavy atom. The quantitative estimate of drug-likeness (QED) is 0.336. The zero-order valence-electron chi connectivity index (χ0n) is 19.2. The summed E-state index contributed by atoms with van der Waals surface area (Å²) in [5, 5.41) is 28.2. The van der Waals surface area contributed by atoms with Gasteiger partial charge in [-0.05, 0) is 27.7 Å². The topological polar surface area (TPSA) is 142 Å². The Hall–Kier alpha value is -1.73. The van der Waals surface area contributed by atoms with Gasteiger partial charge in [0.1, 0.15) is 18.1 Å². The van der Waals surface area contributed by atoms with Crippen molar-refractivity contribution < 1.29 is 34.5 Å². The first-order valence-electron chi connectivity index (χ1n) is 10.7. The Balaban J connectivity index is 3.21. The SMILES string of the molecule is CC(C(=O)O)N1CCN(C(C)C(=O)O)CCN(C(C)C(=O)S)CCN(C(C)C(=O)O)CC1. The third-order valence-electron chi connectivity index (χ3n) is 6.32. The van der Waals surface area contributed by atoms with Gasteiger partial charge in [0.05, 0.1) is 6.04 Å². The molecule has 0 aliphatic carbocycles. The summed E-state index contributed by atoms with van der Waals surface area (Å²) in [7, 11) is 0. The van der Waals surface area contributed by atoms with E-state index in [1.807, 2.05) is 4.90 Å². The highest BCUT2D eigenvalue weighted by atomic mass is 32.1. The summed E-state index contributed by atoms with van der Waals surface area (Å²) >= 11 is 3.94. The van der Waals surface area contributed by atoms with Crippen LogP contribution in [0.25, 0.3) is 0 Å². The molecule has 0 aromatic carbocycles. The lowest BCUT2D eigenvalue weighted by atomic mass is 10.2. The molecule has 184 valence electrons. The Bertz CT molecular complexity index is 552. The molecule has 1 rings (SSSR count). The molecule has 0 spiro atoms. The highest BCUT2D eigenvalue weighted by Gasteiger charge is 2.29. The summed E-state index contributed by atoms with van der Waals surface area (Å²) in [6, 6.07) is -2.89. The molecule has 0 bridgehead atoms. The minimum atomic E-state index is -1.000. The van der Waals surface area contributed by atoms with E-state index in [0.717, 1.165) is 0 Å². The Kier molecular flexibility index (Phi) is 11.6. The van der Waals surface area contributed by atoms with Crippen molar-refractivity contribution in [2.75, 3.05) is 52.4 Å². The van der Waals surface area contributed by atoms with Crippen molar-refractivity contribution in [1.82, 2.24) is 19.6 Å². The van der Waals surface area contributed by atoms with E-state index in [1.165, 1.54) is 0 Å². The van der Waals surface area contributed by atoms with Crippen molar-refractivity contribution in [3.63, 3.8) is 0 Å². The zero-order valence-corrected chi connectivity index (χ0v) is 20.1. The molecule has 0 aromatic rings. The molecule has 0 aromatic heterocycles. The lowest BCUT2D eigenvalue weighted by Crippen LogP contribution is -2.54. The minimum absolute atomic E-state index is 0.307. The fourth-order valence-corrected chi connectivity index (χ4v) is 3.81. The van der Waals surface area contributed by atoms with Gasteiger partial charge in [0, 0.05) is 52.4 Å². The molecule has 1 aliphatic heterocycles. The van der Waals surface area contributed by atoms with E-state index in [4.69, 9.17) is 0 Å². The Labute approximate surface area is 194 Å². The number of carbonyl (C=O) groups is 4. The minimum Gasteiger partial charge on any atom is -0.480 e. The van der Waals surface area contributed by atoms with E-state index < -0.39 is 42.1 Å². The summed E-state index contributed by atoms with van der Waals surface area (Å²) in [6.07, 6.45) is 0. The maximum Gasteiger partial charge on any atom is 0.320 e. The molecule has 12 heteroatoms. The third kappa shape index (κ3) is 8.32. The first-order valence-corrected chi connectivity index (χ1v) is 11.2. The van der Waals surface area contributed by atoms with Gasteiger partial charge in [-0.1, -0.05) is 0 Å². The zero-order chi connectivity index (χ0) is 24.6. The van der Waals surface area contributed by atoms with E-state index in [0.29, 0.717) is 52.4 Å². The molecule has 1 aliphatic rings. The van der Waals surface area contributed by atoms with Gasteiger partial charge in [-0.2, -0.15) is 0 Å². The lowest BCUT2D eigenvalue weighted by Gasteiger charge is -2.38. The smallest absolute Gasteiger partial charge is 0.320 e. The van der Waals surface area contributed by atoms with Crippen LogP contribution in [0.1, 0.15) is 27.7 Å². The summed E-state index contributed by atoms with van der Waals surface area (Å²) in [5.41, 5.74) is 0. The summed E-state index contributed by atoms with van der Waals surface area (Å²) in [4.78, 5) is 53.8. The first-order chi connectivity index (χ1) is 14.9. The first kappa shape index (κ1) is 28.3. The van der Waals surface area contributed by atoms with Crippen LogP contribution in [-0.2, 0) is 19.2 Å². The van der Waals surface area contributed by atoms with Crippen molar-refractivity contribution in [1.29, 1.82) is 0 Å². The van der Waals surface area contributed by atoms with E-state index in [2.05, 4.69) is 12.6 Å². The van der Waals surface area contributed by atoms with Crippen molar-refractivity contribution in [3.05, 3.63) is 0 Å². The number of carbonyl (C=O) groups excluding carboxylic acids is 1. The average Bonchev–Trinajstić information content (AvgIpc) is 2.72. The van der Waals surface area contributed by atoms with Crippen LogP contribution in [0.15, 0.2) is 0 Å². The molecule has 1 fully saturated rings. The van der Waals surface area contributed by atoms with Gasteiger partial charge in [-0.15, -0.1) is 12.6 Å². The van der Waals surface area contributed by atoms with Gasteiger partial charge >= 0.3 is 17.9 Å². The van der Waals surface area contributed by atoms with Crippen LogP contribution in [0.4, 0.5) is 0 Å². The van der Waals surface area contributed by atoms with Gasteiger partial charge in [0.25, 0.3) is 0 Å². The van der Waals surface area contributed by atoms with Crippen LogP contribution >= 0.6 is 12.6 Å². The van der Waals surface area contributed by atoms with Crippen LogP contribution in [0.3, 0.4) is 0 Å². The molecule has 0 amide bonds. The lowest BCUT2D eigenvalue weighted by molar-refractivity contribution is -0.146. The predicted octanol–water partition coefficient (Wildman–Crippen LogP) is -0.528. The number of nitrogens with zero attached hydrogens (tertiary/aromatic N) is 4. The van der Waals surface area contributed by atoms with Gasteiger partial charge in [0.15, 0.2) is 0 Å². The van der Waals surface area contributed by atoms with Crippen molar-refractivity contribution in [3.8, 4) is 0 Å². The second-order valence-electron chi connectivity index (χ2n) is 8.20. The highest BCUT2D eigenvalue weighted by molar-refractivity contribution is 7.96. The Morgan fingerprint density at radius 2 is 0.719 bits per heavy atom. The van der Waals surface area contributed by atoms with Gasteiger partial charge in [-0.3, -0.25) is 38.8 Å². The standard InChI is InChI=1S/C20H36N4O7S/c1-13(17(25)26)21-5-7-22(14(2)18(27)28)9-11-24(16(4)20(31)32)12-10-23(8-6-21)15(3)19(29)30/h13-16H,5-12H2,1-4H3,(H,25,26)(H,27,28)(H,29,30)(H,31,32). The van der Waals surface area contributed by atoms with Crippen LogP contribution in [0, 0.1) is 0 Å². The van der Waals surface area contributed by atoms with Crippen molar-refractivity contribution in [2.45, 2.75) is 51.9 Å². The van der Waals surface area contributed by atoms with E-state index >= 15 is 0 Å². The van der Waals surface area contributed by atoms with Gasteiger partial charge < -0.3 is 15.3 Å². The van der Waals surface area contributed by atoms with Crippen LogP contribution in [0.2, 0.25) is 0 Å². The molecule has 4 atom stereocenters. The maximum atomic E-state index is 11.9. The second-order valence-corrected chi connectivity index (χ2v) is 8.64. The number of carboxylic acids is 3. The number of rotatable bonds is 8. The molecule has 3 N–H and O–H groups in total. The molecule has 1 heterocycles. The van der Waals surface area contributed by atoms with Crippen molar-refractivity contribution in [2.24, 2.45) is 0 Å². The third-order valence-corrected chi connectivity index (χ3v) is 6.69. The molecular weight excluding hydrogens is 440 g/mol. The molecule has 1 saturated heterocycles. The molecule has 11 nitrogen and oxygen atoms in total. The van der Waals surface area contributed by atoms with Gasteiger partial charge in [-0.25, -0.2) is 0 Å². The van der Waals surface area contributed by atoms with Crippen molar-refractivity contribution >= 4 is 35.7 Å². The molecule has 0 saturated carbocycles. The number of aliphatic carboxylic acids is 3. The largest absolute Gasteiger partial charge is 0.480 e. The molecule has 32 heavy (non-hydrogen) atoms. The number of hydrogen-bond acceptors (Lipinski definition) is 8. The van der Waals surface area contributed by atoms with Crippen LogP contribution in [-0.4, -0.2) is 134 Å². The fraction of sp³-hybridized carbons (Fsp3) is 0.800. The molecular formula is C20H36N4O7S. The maximum absolute atomic E-state index is 11.9. The summed E-state index contributed by atoms with van der Waals surface area (Å²) in [5.74, 6) is -2.97. The second kappa shape index (κ2) is 13.1. The van der Waals surface area contributed by atoms with Crippen LogP contribution < -0.4 is 0 Å². The van der Waals surface area contributed by atoms with Gasteiger partial charge in [0.2, 0.25) is 5.12 Å². The van der Waals surface area contributed by atoms with Crippen LogP contribution in [0.5, 0.6) is 0 Å². The average molecular weight is 477 g/mol.